The monoisotopic (exact) mass is 330 g/mol. The average molecular weight is 331 g/mol. The zero-order valence-electron chi connectivity index (χ0n) is 12.7. The van der Waals surface area contributed by atoms with Crippen molar-refractivity contribution in [1.29, 1.82) is 0 Å². The molecule has 1 atom stereocenters. The van der Waals surface area contributed by atoms with Gasteiger partial charge in [0.15, 0.2) is 0 Å². The van der Waals surface area contributed by atoms with E-state index in [0.717, 1.165) is 43.6 Å². The molecule has 118 valence electrons. The largest absolute Gasteiger partial charge is 0.329 e. The van der Waals surface area contributed by atoms with Crippen molar-refractivity contribution in [2.45, 2.75) is 57.9 Å². The summed E-state index contributed by atoms with van der Waals surface area (Å²) in [7, 11) is 0. The minimum Gasteiger partial charge on any atom is -0.297 e. The van der Waals surface area contributed by atoms with Crippen molar-refractivity contribution < 1.29 is 0 Å². The Labute approximate surface area is 134 Å². The van der Waals surface area contributed by atoms with E-state index in [2.05, 4.69) is 11.9 Å². The summed E-state index contributed by atoms with van der Waals surface area (Å²) in [4.78, 5) is 27.5. The first-order chi connectivity index (χ1) is 10.1. The second kappa shape index (κ2) is 7.54. The number of hydrogen-bond donors (Lipinski definition) is 1. The maximum Gasteiger partial charge on any atom is 0.329 e. The zero-order valence-corrected chi connectivity index (χ0v) is 14.2. The van der Waals surface area contributed by atoms with Gasteiger partial charge in [-0.25, -0.2) is 4.79 Å². The molecule has 6 heteroatoms. The van der Waals surface area contributed by atoms with Crippen LogP contribution in [0.5, 0.6) is 0 Å². The van der Waals surface area contributed by atoms with Gasteiger partial charge in [0.2, 0.25) is 0 Å². The third-order valence-corrected chi connectivity index (χ3v) is 5.44. The van der Waals surface area contributed by atoms with Crippen molar-refractivity contribution in [3.8, 4) is 0 Å². The molecule has 21 heavy (non-hydrogen) atoms. The molecule has 0 amide bonds. The van der Waals surface area contributed by atoms with Crippen LogP contribution < -0.4 is 11.2 Å². The molecule has 2 rings (SSSR count). The number of nitrogens with one attached hydrogen (secondary N) is 1. The van der Waals surface area contributed by atoms with Gasteiger partial charge in [-0.1, -0.05) is 31.4 Å². The van der Waals surface area contributed by atoms with Gasteiger partial charge >= 0.3 is 5.69 Å². The quantitative estimate of drug-likeness (QED) is 0.641. The third-order valence-electron chi connectivity index (χ3n) is 4.21. The molecule has 4 nitrogen and oxygen atoms in total. The van der Waals surface area contributed by atoms with E-state index in [0.29, 0.717) is 5.56 Å². The molecule has 1 aromatic heterocycles. The first kappa shape index (κ1) is 16.7. The summed E-state index contributed by atoms with van der Waals surface area (Å²) in [5, 5.41) is 0.239. The Hall–Kier alpha value is -0.680. The van der Waals surface area contributed by atoms with Crippen LogP contribution in [-0.4, -0.2) is 21.1 Å². The molecule has 1 unspecified atom stereocenters. The van der Waals surface area contributed by atoms with Gasteiger partial charge in [0, 0.05) is 6.04 Å². The molecule has 0 aromatic carbocycles. The van der Waals surface area contributed by atoms with Gasteiger partial charge in [-0.05, 0) is 43.6 Å². The first-order valence-corrected chi connectivity index (χ1v) is 9.21. The molecule has 1 N–H and O–H groups in total. The van der Waals surface area contributed by atoms with Gasteiger partial charge in [0.25, 0.3) is 5.56 Å². The highest BCUT2D eigenvalue weighted by molar-refractivity contribution is 7.99. The van der Waals surface area contributed by atoms with Crippen molar-refractivity contribution in [2.24, 2.45) is 0 Å². The zero-order chi connectivity index (χ0) is 15.4. The van der Waals surface area contributed by atoms with Crippen LogP contribution in [0.1, 0.15) is 63.5 Å². The first-order valence-electron chi connectivity index (χ1n) is 7.68. The van der Waals surface area contributed by atoms with E-state index >= 15 is 0 Å². The number of aromatic amines is 1. The fourth-order valence-electron chi connectivity index (χ4n) is 3.03. The number of H-pyrrole nitrogens is 1. The summed E-state index contributed by atoms with van der Waals surface area (Å²) < 4.78 is 1.36. The molecule has 0 spiro atoms. The van der Waals surface area contributed by atoms with Gasteiger partial charge in [-0.15, -0.1) is 0 Å². The van der Waals surface area contributed by atoms with Crippen molar-refractivity contribution >= 4 is 23.4 Å². The van der Waals surface area contributed by atoms with Gasteiger partial charge < -0.3 is 0 Å². The Kier molecular flexibility index (Phi) is 5.99. The smallest absolute Gasteiger partial charge is 0.297 e. The number of nitrogens with zero attached hydrogens (tertiary/aromatic N) is 1. The Balaban J connectivity index is 2.34. The van der Waals surface area contributed by atoms with E-state index in [4.69, 9.17) is 11.6 Å². The van der Waals surface area contributed by atoms with Crippen LogP contribution in [0.2, 0.25) is 5.15 Å². The van der Waals surface area contributed by atoms with E-state index in [9.17, 15) is 9.59 Å². The van der Waals surface area contributed by atoms with Gasteiger partial charge in [0.1, 0.15) is 5.15 Å². The molecule has 1 aromatic rings. The van der Waals surface area contributed by atoms with Crippen molar-refractivity contribution in [3.05, 3.63) is 31.6 Å². The maximum atomic E-state index is 12.7. The molecule has 1 aliphatic rings. The van der Waals surface area contributed by atoms with E-state index in [1.807, 2.05) is 18.7 Å². The molecule has 1 aliphatic carbocycles. The maximum absolute atomic E-state index is 12.7. The molecule has 0 saturated heterocycles. The second-order valence-corrected chi connectivity index (χ2v) is 7.42. The SMILES string of the molecule is CCSCCC(C)n1c(=O)[nH]c(Cl)c(C2CCCC2)c1=O. The lowest BCUT2D eigenvalue weighted by Gasteiger charge is -2.17. The normalized spacial score (nSPS) is 17.3. The molecule has 0 bridgehead atoms. The third kappa shape index (κ3) is 3.75. The van der Waals surface area contributed by atoms with Crippen molar-refractivity contribution in [2.75, 3.05) is 11.5 Å². The summed E-state index contributed by atoms with van der Waals surface area (Å²) >= 11 is 7.97. The average Bonchev–Trinajstić information content (AvgIpc) is 2.92. The van der Waals surface area contributed by atoms with Gasteiger partial charge in [-0.3, -0.25) is 14.3 Å². The topological polar surface area (TPSA) is 54.9 Å². The summed E-state index contributed by atoms with van der Waals surface area (Å²) in [5.74, 6) is 2.20. The molecular weight excluding hydrogens is 308 g/mol. The Bertz CT molecular complexity index is 590. The van der Waals surface area contributed by atoms with E-state index in [1.165, 1.54) is 4.57 Å². The fraction of sp³-hybridized carbons (Fsp3) is 0.733. The predicted molar refractivity (Wildman–Crippen MR) is 89.9 cm³/mol. The standard InChI is InChI=1S/C15H23ClN2O2S/c1-3-21-9-8-10(2)18-14(19)12(11-6-4-5-7-11)13(16)17-15(18)20/h10-11H,3-9H2,1-2H3,(H,17,20). The number of thioether (sulfide) groups is 1. The van der Waals surface area contributed by atoms with Crippen LogP contribution in [-0.2, 0) is 0 Å². The highest BCUT2D eigenvalue weighted by atomic mass is 35.5. The number of aromatic nitrogens is 2. The molecule has 1 heterocycles. The van der Waals surface area contributed by atoms with Gasteiger partial charge in [0.05, 0.1) is 5.56 Å². The van der Waals surface area contributed by atoms with Crippen LogP contribution in [0.4, 0.5) is 0 Å². The fourth-order valence-corrected chi connectivity index (χ4v) is 4.15. The molecule has 1 fully saturated rings. The summed E-state index contributed by atoms with van der Waals surface area (Å²) in [6.45, 7) is 4.04. The lowest BCUT2D eigenvalue weighted by atomic mass is 10.0. The van der Waals surface area contributed by atoms with E-state index in [1.54, 1.807) is 0 Å². The highest BCUT2D eigenvalue weighted by Gasteiger charge is 2.26. The Morgan fingerprint density at radius 1 is 1.38 bits per heavy atom. The molecule has 0 aliphatic heterocycles. The molecule has 0 radical (unpaired) electrons. The van der Waals surface area contributed by atoms with Crippen molar-refractivity contribution in [1.82, 2.24) is 9.55 Å². The van der Waals surface area contributed by atoms with Crippen LogP contribution in [0.3, 0.4) is 0 Å². The number of halogens is 1. The predicted octanol–water partition coefficient (Wildman–Crippen LogP) is 3.55. The number of rotatable bonds is 6. The van der Waals surface area contributed by atoms with Gasteiger partial charge in [-0.2, -0.15) is 11.8 Å². The van der Waals surface area contributed by atoms with Crippen LogP contribution in [0, 0.1) is 0 Å². The van der Waals surface area contributed by atoms with E-state index in [-0.39, 0.29) is 28.4 Å². The minimum atomic E-state index is -0.388. The lowest BCUT2D eigenvalue weighted by molar-refractivity contribution is 0.484. The summed E-state index contributed by atoms with van der Waals surface area (Å²) in [5.41, 5.74) is 0.0363. The Morgan fingerprint density at radius 3 is 2.67 bits per heavy atom. The summed E-state index contributed by atoms with van der Waals surface area (Å²) in [6.07, 6.45) is 5.04. The minimum absolute atomic E-state index is 0.0993. The number of hydrogen-bond acceptors (Lipinski definition) is 3. The molecule has 1 saturated carbocycles. The van der Waals surface area contributed by atoms with Crippen molar-refractivity contribution in [3.63, 3.8) is 0 Å². The van der Waals surface area contributed by atoms with Crippen LogP contribution in [0.25, 0.3) is 0 Å². The Morgan fingerprint density at radius 2 is 2.05 bits per heavy atom. The van der Waals surface area contributed by atoms with Crippen LogP contribution >= 0.6 is 23.4 Å². The van der Waals surface area contributed by atoms with Crippen LogP contribution in [0.15, 0.2) is 9.59 Å². The lowest BCUT2D eigenvalue weighted by Crippen LogP contribution is -2.40. The van der Waals surface area contributed by atoms with E-state index < -0.39 is 0 Å². The summed E-state index contributed by atoms with van der Waals surface area (Å²) in [6, 6.07) is -0.0993. The highest BCUT2D eigenvalue weighted by Crippen LogP contribution is 2.34. The molecular formula is C15H23ClN2O2S. The second-order valence-electron chi connectivity index (χ2n) is 5.65.